The van der Waals surface area contributed by atoms with Crippen LogP contribution in [-0.4, -0.2) is 37.0 Å². The van der Waals surface area contributed by atoms with Crippen LogP contribution in [0.3, 0.4) is 0 Å². The fraction of sp³-hybridized carbons (Fsp3) is 0.391. The zero-order chi connectivity index (χ0) is 20.2. The maximum absolute atomic E-state index is 12.1. The van der Waals surface area contributed by atoms with Gasteiger partial charge >= 0.3 is 0 Å². The molecule has 2 aromatic carbocycles. The molecule has 2 aliphatic heterocycles. The Hall–Kier alpha value is -2.36. The van der Waals surface area contributed by atoms with Gasteiger partial charge in [-0.25, -0.2) is 0 Å². The number of carbonyl (C=O) groups excluding carboxylic acids is 1. The van der Waals surface area contributed by atoms with Gasteiger partial charge in [0.2, 0.25) is 5.91 Å². The topological polar surface area (TPSA) is 65.4 Å². The average molecular weight is 454 g/mol. The van der Waals surface area contributed by atoms with Crippen molar-refractivity contribution in [1.82, 2.24) is 4.90 Å². The molecule has 0 saturated carbocycles. The molecule has 6 heteroatoms. The number of carbonyl (C=O) groups is 1. The zero-order valence-electron chi connectivity index (χ0n) is 16.2. The van der Waals surface area contributed by atoms with Crippen LogP contribution in [0.2, 0.25) is 0 Å². The molecule has 1 N–H and O–H groups in total. The number of anilines is 1. The number of amides is 1. The van der Waals surface area contributed by atoms with Gasteiger partial charge in [-0.05, 0) is 61.9 Å². The van der Waals surface area contributed by atoms with Gasteiger partial charge in [-0.2, -0.15) is 5.26 Å². The summed E-state index contributed by atoms with van der Waals surface area (Å²) in [5.41, 5.74) is 2.71. The van der Waals surface area contributed by atoms with Crippen molar-refractivity contribution in [3.63, 3.8) is 0 Å². The van der Waals surface area contributed by atoms with Crippen LogP contribution >= 0.6 is 15.9 Å². The third kappa shape index (κ3) is 4.80. The van der Waals surface area contributed by atoms with Crippen molar-refractivity contribution in [2.24, 2.45) is 5.92 Å². The second-order valence-electron chi connectivity index (χ2n) is 7.81. The predicted octanol–water partition coefficient (Wildman–Crippen LogP) is 4.54. The second-order valence-corrected chi connectivity index (χ2v) is 8.73. The molecule has 5 nitrogen and oxygen atoms in total. The number of benzene rings is 2. The van der Waals surface area contributed by atoms with Crippen molar-refractivity contribution >= 4 is 27.5 Å². The van der Waals surface area contributed by atoms with Crippen molar-refractivity contribution in [3.8, 4) is 11.8 Å². The highest BCUT2D eigenvalue weighted by molar-refractivity contribution is 9.10. The van der Waals surface area contributed by atoms with Crippen LogP contribution < -0.4 is 10.1 Å². The molecule has 4 rings (SSSR count). The van der Waals surface area contributed by atoms with E-state index in [1.165, 1.54) is 5.56 Å². The number of hydrogen-bond donors (Lipinski definition) is 1. The molecule has 0 spiro atoms. The van der Waals surface area contributed by atoms with Crippen molar-refractivity contribution in [1.29, 1.82) is 5.26 Å². The summed E-state index contributed by atoms with van der Waals surface area (Å²) in [5.74, 6) is 1.91. The molecule has 2 aromatic rings. The Balaban J connectivity index is 1.23. The number of likely N-dealkylation sites (tertiary alicyclic amines) is 1. The van der Waals surface area contributed by atoms with E-state index in [2.05, 4.69) is 32.2 Å². The molecule has 1 amide bonds. The van der Waals surface area contributed by atoms with Gasteiger partial charge in [0.15, 0.2) is 0 Å². The number of nitriles is 1. The highest BCUT2D eigenvalue weighted by atomic mass is 79.9. The van der Waals surface area contributed by atoms with Gasteiger partial charge in [-0.1, -0.05) is 15.9 Å². The molecule has 2 atom stereocenters. The summed E-state index contributed by atoms with van der Waals surface area (Å²) in [7, 11) is 0. The van der Waals surface area contributed by atoms with Crippen molar-refractivity contribution in [2.45, 2.75) is 25.2 Å². The van der Waals surface area contributed by atoms with E-state index in [0.29, 0.717) is 23.8 Å². The Labute approximate surface area is 179 Å². The highest BCUT2D eigenvalue weighted by Crippen LogP contribution is 2.41. The van der Waals surface area contributed by atoms with Crippen molar-refractivity contribution < 1.29 is 9.53 Å². The highest BCUT2D eigenvalue weighted by Gasteiger charge is 2.38. The smallest absolute Gasteiger partial charge is 0.224 e. The summed E-state index contributed by atoms with van der Waals surface area (Å²) in [6, 6.07) is 15.6. The van der Waals surface area contributed by atoms with E-state index in [4.69, 9.17) is 4.74 Å². The lowest BCUT2D eigenvalue weighted by atomic mass is 9.86. The molecule has 0 bridgehead atoms. The second kappa shape index (κ2) is 8.98. The minimum atomic E-state index is 0.0637. The molecule has 2 heterocycles. The van der Waals surface area contributed by atoms with E-state index in [1.54, 1.807) is 0 Å². The molecule has 29 heavy (non-hydrogen) atoms. The number of halogens is 1. The van der Waals surface area contributed by atoms with Crippen LogP contribution in [0, 0.1) is 17.2 Å². The number of hydrogen-bond acceptors (Lipinski definition) is 4. The van der Waals surface area contributed by atoms with Crippen LogP contribution in [0.15, 0.2) is 46.9 Å². The van der Waals surface area contributed by atoms with Gasteiger partial charge in [0.05, 0.1) is 18.2 Å². The van der Waals surface area contributed by atoms with E-state index in [9.17, 15) is 10.1 Å². The standard InChI is InChI=1S/C23H24BrN3O2/c24-18-5-7-19(8-6-18)26-23(28)3-1-2-10-27-13-17-15-29-22-9-4-16(12-25)11-20(22)21(17)14-27/h4-9,11,17,21H,1-3,10,13-15H2,(H,26,28)/t17-,21+/m0/s1. The first-order valence-corrected chi connectivity index (χ1v) is 10.9. The van der Waals surface area contributed by atoms with Gasteiger partial charge in [0.1, 0.15) is 5.75 Å². The minimum absolute atomic E-state index is 0.0637. The van der Waals surface area contributed by atoms with E-state index < -0.39 is 0 Å². The molecule has 0 radical (unpaired) electrons. The molecule has 0 unspecified atom stereocenters. The first-order valence-electron chi connectivity index (χ1n) is 10.1. The Morgan fingerprint density at radius 3 is 2.83 bits per heavy atom. The van der Waals surface area contributed by atoms with Crippen LogP contribution in [0.1, 0.15) is 36.3 Å². The van der Waals surface area contributed by atoms with Gasteiger partial charge < -0.3 is 15.0 Å². The number of nitrogens with one attached hydrogen (secondary N) is 1. The van der Waals surface area contributed by atoms with Crippen molar-refractivity contribution in [3.05, 3.63) is 58.1 Å². The minimum Gasteiger partial charge on any atom is -0.493 e. The largest absolute Gasteiger partial charge is 0.493 e. The number of ether oxygens (including phenoxy) is 1. The average Bonchev–Trinajstić information content (AvgIpc) is 3.16. The Morgan fingerprint density at radius 1 is 1.21 bits per heavy atom. The zero-order valence-corrected chi connectivity index (χ0v) is 17.8. The first kappa shape index (κ1) is 19.9. The van der Waals surface area contributed by atoms with E-state index in [-0.39, 0.29) is 5.91 Å². The lowest BCUT2D eigenvalue weighted by Gasteiger charge is -2.27. The summed E-state index contributed by atoms with van der Waals surface area (Å²) in [6.45, 7) is 3.76. The Kier molecular flexibility index (Phi) is 6.17. The van der Waals surface area contributed by atoms with E-state index in [1.807, 2.05) is 42.5 Å². The fourth-order valence-corrected chi connectivity index (χ4v) is 4.54. The van der Waals surface area contributed by atoms with Gasteiger partial charge in [-0.15, -0.1) is 0 Å². The SMILES string of the molecule is N#Cc1ccc2c(c1)[C@@H]1CN(CCCCC(=O)Nc3ccc(Br)cc3)C[C@H]1CO2. The number of nitrogens with zero attached hydrogens (tertiary/aromatic N) is 2. The van der Waals surface area contributed by atoms with E-state index in [0.717, 1.165) is 55.0 Å². The molecule has 1 saturated heterocycles. The molecule has 1 fully saturated rings. The van der Waals surface area contributed by atoms with Crippen LogP contribution in [0.25, 0.3) is 0 Å². The van der Waals surface area contributed by atoms with Crippen LogP contribution in [0.4, 0.5) is 5.69 Å². The van der Waals surface area contributed by atoms with Gasteiger partial charge in [0, 0.05) is 47.1 Å². The first-order chi connectivity index (χ1) is 14.1. The molecular formula is C23H24BrN3O2. The van der Waals surface area contributed by atoms with Crippen LogP contribution in [-0.2, 0) is 4.79 Å². The predicted molar refractivity (Wildman–Crippen MR) is 116 cm³/mol. The van der Waals surface area contributed by atoms with Gasteiger partial charge in [0.25, 0.3) is 0 Å². The third-order valence-electron chi connectivity index (χ3n) is 5.76. The normalized spacial score (nSPS) is 20.3. The summed E-state index contributed by atoms with van der Waals surface area (Å²) < 4.78 is 6.91. The fourth-order valence-electron chi connectivity index (χ4n) is 4.28. The molecule has 0 aromatic heterocycles. The lowest BCUT2D eigenvalue weighted by molar-refractivity contribution is -0.116. The monoisotopic (exact) mass is 453 g/mol. The molecule has 2 aliphatic rings. The molecule has 150 valence electrons. The number of rotatable bonds is 6. The Bertz CT molecular complexity index is 923. The third-order valence-corrected chi connectivity index (χ3v) is 6.29. The van der Waals surface area contributed by atoms with Gasteiger partial charge in [-0.3, -0.25) is 4.79 Å². The number of unbranched alkanes of at least 4 members (excludes halogenated alkanes) is 1. The maximum atomic E-state index is 12.1. The van der Waals surface area contributed by atoms with Crippen molar-refractivity contribution in [2.75, 3.05) is 31.6 Å². The lowest BCUT2D eigenvalue weighted by Crippen LogP contribution is -2.25. The summed E-state index contributed by atoms with van der Waals surface area (Å²) in [6.07, 6.45) is 2.41. The van der Waals surface area contributed by atoms with Crippen LogP contribution in [0.5, 0.6) is 5.75 Å². The molecule has 0 aliphatic carbocycles. The number of fused-ring (bicyclic) bond motifs is 3. The summed E-state index contributed by atoms with van der Waals surface area (Å²) in [5, 5.41) is 12.1. The summed E-state index contributed by atoms with van der Waals surface area (Å²) >= 11 is 3.39. The molecular weight excluding hydrogens is 430 g/mol. The summed E-state index contributed by atoms with van der Waals surface area (Å²) in [4.78, 5) is 14.6. The van der Waals surface area contributed by atoms with E-state index >= 15 is 0 Å². The Morgan fingerprint density at radius 2 is 2.03 bits per heavy atom. The maximum Gasteiger partial charge on any atom is 0.224 e. The quantitative estimate of drug-likeness (QED) is 0.652.